The van der Waals surface area contributed by atoms with Gasteiger partial charge in [0.2, 0.25) is 0 Å². The number of aromatic carboxylic acids is 1. The second-order valence-corrected chi connectivity index (χ2v) is 8.88. The van der Waals surface area contributed by atoms with Gasteiger partial charge in [-0.05, 0) is 85.0 Å². The summed E-state index contributed by atoms with van der Waals surface area (Å²) in [5.41, 5.74) is 3.81. The van der Waals surface area contributed by atoms with Crippen molar-refractivity contribution in [2.45, 2.75) is 51.0 Å². The minimum atomic E-state index is -1.27. The van der Waals surface area contributed by atoms with E-state index < -0.39 is 11.8 Å². The summed E-state index contributed by atoms with van der Waals surface area (Å²) < 4.78 is 13.9. The molecule has 0 bridgehead atoms. The SMILES string of the molecule is CC1(C)CCC(NCC2CC2)c2ccc(C#Cc3ccc(C(=O)O)c(F)c3)cc21. The standard InChI is InChI=1S/C25H26FNO2/c1-25(2)12-11-23(27-15-18-5-6-18)19-9-7-16(13-21(19)25)3-4-17-8-10-20(24(28)29)22(26)14-17/h7-10,13-14,18,23,27H,5-6,11-12,15H2,1-2H3,(H,28,29). The molecule has 0 spiro atoms. The van der Waals surface area contributed by atoms with E-state index in [-0.39, 0.29) is 11.0 Å². The van der Waals surface area contributed by atoms with Gasteiger partial charge in [-0.2, -0.15) is 0 Å². The summed E-state index contributed by atoms with van der Waals surface area (Å²) in [6, 6.07) is 10.7. The summed E-state index contributed by atoms with van der Waals surface area (Å²) in [6.07, 6.45) is 4.97. The van der Waals surface area contributed by atoms with Crippen molar-refractivity contribution in [3.63, 3.8) is 0 Å². The lowest BCUT2D eigenvalue weighted by molar-refractivity contribution is 0.0692. The number of halogens is 1. The third kappa shape index (κ3) is 4.36. The fourth-order valence-electron chi connectivity index (χ4n) is 4.07. The number of rotatable bonds is 4. The number of hydrogen-bond acceptors (Lipinski definition) is 2. The van der Waals surface area contributed by atoms with E-state index in [4.69, 9.17) is 5.11 Å². The maximum Gasteiger partial charge on any atom is 0.338 e. The van der Waals surface area contributed by atoms with Crippen molar-refractivity contribution in [2.75, 3.05) is 6.54 Å². The first-order valence-corrected chi connectivity index (χ1v) is 10.3. The van der Waals surface area contributed by atoms with Gasteiger partial charge >= 0.3 is 5.97 Å². The Morgan fingerprint density at radius 1 is 1.14 bits per heavy atom. The van der Waals surface area contributed by atoms with Crippen LogP contribution in [0, 0.1) is 23.6 Å². The summed E-state index contributed by atoms with van der Waals surface area (Å²) in [7, 11) is 0. The molecule has 4 heteroatoms. The number of carbonyl (C=O) groups is 1. The van der Waals surface area contributed by atoms with Crippen LogP contribution in [0.1, 0.15) is 78.2 Å². The van der Waals surface area contributed by atoms with Crippen LogP contribution >= 0.6 is 0 Å². The van der Waals surface area contributed by atoms with Gasteiger partial charge in [-0.15, -0.1) is 0 Å². The van der Waals surface area contributed by atoms with Gasteiger partial charge in [0.15, 0.2) is 0 Å². The van der Waals surface area contributed by atoms with Crippen molar-refractivity contribution in [3.05, 3.63) is 70.0 Å². The van der Waals surface area contributed by atoms with Crippen LogP contribution in [0.2, 0.25) is 0 Å². The van der Waals surface area contributed by atoms with E-state index in [0.717, 1.165) is 30.9 Å². The minimum Gasteiger partial charge on any atom is -0.478 e. The highest BCUT2D eigenvalue weighted by Gasteiger charge is 2.33. The van der Waals surface area contributed by atoms with E-state index in [2.05, 4.69) is 43.1 Å². The van der Waals surface area contributed by atoms with E-state index in [1.165, 1.54) is 36.1 Å². The molecule has 1 unspecified atom stereocenters. The molecule has 0 amide bonds. The number of benzene rings is 2. The number of nitrogens with one attached hydrogen (secondary N) is 1. The molecule has 0 aromatic heterocycles. The molecule has 2 aliphatic carbocycles. The van der Waals surface area contributed by atoms with E-state index >= 15 is 0 Å². The van der Waals surface area contributed by atoms with Crippen LogP contribution in [0.5, 0.6) is 0 Å². The molecular formula is C25H26FNO2. The van der Waals surface area contributed by atoms with Crippen LogP contribution in [0.4, 0.5) is 4.39 Å². The Morgan fingerprint density at radius 3 is 2.48 bits per heavy atom. The molecule has 1 saturated carbocycles. The molecule has 2 aromatic carbocycles. The minimum absolute atomic E-state index is 0.0973. The highest BCUT2D eigenvalue weighted by Crippen LogP contribution is 2.42. The third-order valence-corrected chi connectivity index (χ3v) is 6.12. The zero-order valence-electron chi connectivity index (χ0n) is 16.9. The average molecular weight is 391 g/mol. The fourth-order valence-corrected chi connectivity index (χ4v) is 4.07. The number of carboxylic acids is 1. The van der Waals surface area contributed by atoms with Crippen LogP contribution in [0.25, 0.3) is 0 Å². The van der Waals surface area contributed by atoms with E-state index in [1.807, 2.05) is 6.07 Å². The Hall–Kier alpha value is -2.64. The van der Waals surface area contributed by atoms with E-state index in [9.17, 15) is 9.18 Å². The highest BCUT2D eigenvalue weighted by atomic mass is 19.1. The Labute approximate surface area is 171 Å². The quantitative estimate of drug-likeness (QED) is 0.718. The number of fused-ring (bicyclic) bond motifs is 1. The van der Waals surface area contributed by atoms with Crippen molar-refractivity contribution in [3.8, 4) is 11.8 Å². The van der Waals surface area contributed by atoms with Crippen molar-refractivity contribution in [1.82, 2.24) is 5.32 Å². The molecule has 4 rings (SSSR count). The maximum absolute atomic E-state index is 13.9. The average Bonchev–Trinajstić information content (AvgIpc) is 3.50. The van der Waals surface area contributed by atoms with Crippen molar-refractivity contribution in [1.29, 1.82) is 0 Å². The largest absolute Gasteiger partial charge is 0.478 e. The molecule has 0 aliphatic heterocycles. The second kappa shape index (κ2) is 7.65. The number of hydrogen-bond donors (Lipinski definition) is 2. The Kier molecular flexibility index (Phi) is 5.19. The highest BCUT2D eigenvalue weighted by molar-refractivity contribution is 5.88. The van der Waals surface area contributed by atoms with Crippen LogP contribution in [0.3, 0.4) is 0 Å². The molecule has 150 valence electrons. The van der Waals surface area contributed by atoms with Gasteiger partial charge < -0.3 is 10.4 Å². The first-order valence-electron chi connectivity index (χ1n) is 10.3. The number of carboxylic acid groups (broad SMARTS) is 1. The van der Waals surface area contributed by atoms with Gasteiger partial charge in [-0.1, -0.05) is 31.8 Å². The molecular weight excluding hydrogens is 365 g/mol. The Morgan fingerprint density at radius 2 is 1.83 bits per heavy atom. The topological polar surface area (TPSA) is 49.3 Å². The summed E-state index contributed by atoms with van der Waals surface area (Å²) in [6.45, 7) is 5.66. The predicted octanol–water partition coefficient (Wildman–Crippen LogP) is 5.04. The zero-order valence-corrected chi connectivity index (χ0v) is 16.9. The molecule has 1 atom stereocenters. The van der Waals surface area contributed by atoms with E-state index in [0.29, 0.717) is 11.6 Å². The van der Waals surface area contributed by atoms with Gasteiger partial charge in [0.1, 0.15) is 5.82 Å². The molecule has 3 nitrogen and oxygen atoms in total. The van der Waals surface area contributed by atoms with E-state index in [1.54, 1.807) is 6.07 Å². The van der Waals surface area contributed by atoms with Crippen LogP contribution in [0.15, 0.2) is 36.4 Å². The lowest BCUT2D eigenvalue weighted by Crippen LogP contribution is -2.33. The molecule has 0 radical (unpaired) electrons. The van der Waals surface area contributed by atoms with Crippen molar-refractivity contribution >= 4 is 5.97 Å². The molecule has 2 aliphatic rings. The summed E-state index contributed by atoms with van der Waals surface area (Å²) >= 11 is 0. The Balaban J connectivity index is 1.59. The molecule has 0 heterocycles. The molecule has 29 heavy (non-hydrogen) atoms. The molecule has 2 aromatic rings. The van der Waals surface area contributed by atoms with Gasteiger partial charge in [0, 0.05) is 17.2 Å². The summed E-state index contributed by atoms with van der Waals surface area (Å²) in [4.78, 5) is 10.9. The van der Waals surface area contributed by atoms with Gasteiger partial charge in [0.25, 0.3) is 0 Å². The molecule has 2 N–H and O–H groups in total. The predicted molar refractivity (Wildman–Crippen MR) is 112 cm³/mol. The lowest BCUT2D eigenvalue weighted by atomic mass is 9.70. The van der Waals surface area contributed by atoms with Crippen LogP contribution in [-0.4, -0.2) is 17.6 Å². The fraction of sp³-hybridized carbons (Fsp3) is 0.400. The smallest absolute Gasteiger partial charge is 0.338 e. The first-order chi connectivity index (χ1) is 13.8. The normalized spacial score (nSPS) is 19.8. The van der Waals surface area contributed by atoms with Crippen LogP contribution in [-0.2, 0) is 5.41 Å². The zero-order chi connectivity index (χ0) is 20.6. The lowest BCUT2D eigenvalue weighted by Gasteiger charge is -2.37. The summed E-state index contributed by atoms with van der Waals surface area (Å²) in [5.74, 6) is 4.89. The monoisotopic (exact) mass is 391 g/mol. The second-order valence-electron chi connectivity index (χ2n) is 8.88. The Bertz CT molecular complexity index is 1010. The van der Waals surface area contributed by atoms with Gasteiger partial charge in [0.05, 0.1) is 5.56 Å². The molecule has 0 saturated heterocycles. The third-order valence-electron chi connectivity index (χ3n) is 6.12. The summed E-state index contributed by atoms with van der Waals surface area (Å²) in [5, 5.41) is 12.7. The molecule has 1 fully saturated rings. The van der Waals surface area contributed by atoms with Crippen molar-refractivity contribution < 1.29 is 14.3 Å². The first kappa shape index (κ1) is 19.7. The van der Waals surface area contributed by atoms with Gasteiger partial charge in [-0.25, -0.2) is 9.18 Å². The maximum atomic E-state index is 13.9. The van der Waals surface area contributed by atoms with Gasteiger partial charge in [-0.3, -0.25) is 0 Å². The van der Waals surface area contributed by atoms with Crippen LogP contribution < -0.4 is 5.32 Å². The van der Waals surface area contributed by atoms with Crippen molar-refractivity contribution in [2.24, 2.45) is 5.92 Å².